The molecule has 4 nitrogen and oxygen atoms in total. The van der Waals surface area contributed by atoms with Gasteiger partial charge in [-0.2, -0.15) is 0 Å². The number of nitrogen functional groups attached to an aromatic ring is 1. The van der Waals surface area contributed by atoms with Crippen LogP contribution in [0.1, 0.15) is 25.7 Å². The first-order valence-electron chi connectivity index (χ1n) is 5.61. The van der Waals surface area contributed by atoms with Crippen LogP contribution in [0.25, 0.3) is 0 Å². The van der Waals surface area contributed by atoms with Gasteiger partial charge in [-0.05, 0) is 37.0 Å². The van der Waals surface area contributed by atoms with E-state index in [2.05, 4.69) is 15.3 Å². The summed E-state index contributed by atoms with van der Waals surface area (Å²) in [6.07, 6.45) is 8.86. The fourth-order valence-corrected chi connectivity index (χ4v) is 2.33. The number of nitrogens with one attached hydrogen (secondary N) is 1. The molecular weight excluding hydrogens is 188 g/mol. The third kappa shape index (κ3) is 1.64. The largest absolute Gasteiger partial charge is 0.381 e. The van der Waals surface area contributed by atoms with Gasteiger partial charge in [0.05, 0.1) is 0 Å². The minimum absolute atomic E-state index is 0.504. The lowest BCUT2D eigenvalue weighted by atomic mass is 10.0. The molecule has 80 valence electrons. The van der Waals surface area contributed by atoms with E-state index in [1.807, 2.05) is 0 Å². The number of anilines is 2. The Morgan fingerprint density at radius 1 is 1.33 bits per heavy atom. The quantitative estimate of drug-likeness (QED) is 0.783. The monoisotopic (exact) mass is 204 g/mol. The van der Waals surface area contributed by atoms with Gasteiger partial charge in [0.1, 0.15) is 0 Å². The number of hydrogen-bond donors (Lipinski definition) is 2. The molecule has 0 aromatic carbocycles. The highest BCUT2D eigenvalue weighted by molar-refractivity contribution is 5.55. The predicted molar refractivity (Wildman–Crippen MR) is 59.3 cm³/mol. The van der Waals surface area contributed by atoms with Gasteiger partial charge in [-0.15, -0.1) is 0 Å². The van der Waals surface area contributed by atoms with Crippen LogP contribution in [0.5, 0.6) is 0 Å². The molecule has 0 radical (unpaired) electrons. The average molecular weight is 204 g/mol. The Hall–Kier alpha value is -1.32. The molecule has 4 heteroatoms. The second kappa shape index (κ2) is 3.08. The third-order valence-corrected chi connectivity index (χ3v) is 3.67. The van der Waals surface area contributed by atoms with E-state index in [9.17, 15) is 0 Å². The van der Waals surface area contributed by atoms with Crippen molar-refractivity contribution in [3.63, 3.8) is 0 Å². The molecule has 2 fully saturated rings. The molecule has 0 spiro atoms. The first-order chi connectivity index (χ1) is 7.30. The van der Waals surface area contributed by atoms with Crippen LogP contribution in [0.4, 0.5) is 11.6 Å². The Bertz CT molecular complexity index is 369. The van der Waals surface area contributed by atoms with E-state index >= 15 is 0 Å². The van der Waals surface area contributed by atoms with E-state index in [1.165, 1.54) is 25.7 Å². The Labute approximate surface area is 89.3 Å². The van der Waals surface area contributed by atoms with Crippen LogP contribution in [0.15, 0.2) is 12.4 Å². The molecule has 3 N–H and O–H groups in total. The van der Waals surface area contributed by atoms with E-state index in [-0.39, 0.29) is 0 Å². The van der Waals surface area contributed by atoms with E-state index in [4.69, 9.17) is 5.73 Å². The Morgan fingerprint density at radius 2 is 2.07 bits per heavy atom. The molecular formula is C11H16N4. The zero-order valence-corrected chi connectivity index (χ0v) is 8.74. The highest BCUT2D eigenvalue weighted by Gasteiger charge is 2.53. The van der Waals surface area contributed by atoms with Crippen molar-refractivity contribution < 1.29 is 0 Å². The minimum atomic E-state index is 0.504. The fourth-order valence-electron chi connectivity index (χ4n) is 2.33. The smallest absolute Gasteiger partial charge is 0.168 e. The predicted octanol–water partition coefficient (Wildman–Crippen LogP) is 1.66. The van der Waals surface area contributed by atoms with Crippen LogP contribution in [-0.4, -0.2) is 16.5 Å². The van der Waals surface area contributed by atoms with E-state index < -0.39 is 0 Å². The van der Waals surface area contributed by atoms with Gasteiger partial charge in [-0.1, -0.05) is 0 Å². The summed E-state index contributed by atoms with van der Waals surface area (Å²) < 4.78 is 0. The van der Waals surface area contributed by atoms with Gasteiger partial charge in [-0.3, -0.25) is 0 Å². The number of nitrogens with zero attached hydrogens (tertiary/aromatic N) is 2. The molecule has 0 aliphatic heterocycles. The van der Waals surface area contributed by atoms with Gasteiger partial charge in [0.25, 0.3) is 0 Å². The summed E-state index contributed by atoms with van der Waals surface area (Å²) in [6.45, 7) is 1.01. The highest BCUT2D eigenvalue weighted by Crippen LogP contribution is 2.61. The van der Waals surface area contributed by atoms with Crippen LogP contribution in [0.3, 0.4) is 0 Å². The van der Waals surface area contributed by atoms with Crippen LogP contribution < -0.4 is 11.1 Å². The second-order valence-electron chi connectivity index (χ2n) is 4.78. The van der Waals surface area contributed by atoms with Gasteiger partial charge in [0.15, 0.2) is 11.6 Å². The summed E-state index contributed by atoms with van der Waals surface area (Å²) >= 11 is 0. The van der Waals surface area contributed by atoms with Crippen LogP contribution in [0, 0.1) is 11.3 Å². The van der Waals surface area contributed by atoms with Crippen LogP contribution in [0.2, 0.25) is 0 Å². The Balaban J connectivity index is 1.64. The average Bonchev–Trinajstić information content (AvgIpc) is 3.10. The molecule has 1 aromatic heterocycles. The van der Waals surface area contributed by atoms with E-state index in [0.717, 1.165) is 18.3 Å². The highest BCUT2D eigenvalue weighted by atomic mass is 15.1. The first-order valence-corrected chi connectivity index (χ1v) is 5.61. The lowest BCUT2D eigenvalue weighted by molar-refractivity contribution is 0.466. The number of nitrogens with two attached hydrogens (primary N) is 1. The number of aromatic nitrogens is 2. The molecule has 2 aliphatic rings. The van der Waals surface area contributed by atoms with Crippen molar-refractivity contribution in [3.05, 3.63) is 12.4 Å². The van der Waals surface area contributed by atoms with Gasteiger partial charge in [0.2, 0.25) is 0 Å². The van der Waals surface area contributed by atoms with Crippen molar-refractivity contribution in [2.45, 2.75) is 25.7 Å². The third-order valence-electron chi connectivity index (χ3n) is 3.67. The Kier molecular flexibility index (Phi) is 1.84. The molecule has 0 saturated heterocycles. The molecule has 3 rings (SSSR count). The van der Waals surface area contributed by atoms with Gasteiger partial charge < -0.3 is 11.1 Å². The molecule has 0 amide bonds. The maximum absolute atomic E-state index is 5.73. The standard InChI is InChI=1S/C11H16N4/c12-9-10(14-6-5-13-9)15-7-11(3-4-11)8-1-2-8/h5-6,8H,1-4,7H2,(H2,12,13)(H,14,15). The van der Waals surface area contributed by atoms with Gasteiger partial charge in [-0.25, -0.2) is 9.97 Å². The lowest BCUT2D eigenvalue weighted by Gasteiger charge is -2.15. The second-order valence-corrected chi connectivity index (χ2v) is 4.78. The maximum atomic E-state index is 5.73. The minimum Gasteiger partial charge on any atom is -0.381 e. The van der Waals surface area contributed by atoms with Crippen molar-refractivity contribution in [2.24, 2.45) is 11.3 Å². The molecule has 2 saturated carbocycles. The topological polar surface area (TPSA) is 63.8 Å². The zero-order chi connectivity index (χ0) is 10.3. The zero-order valence-electron chi connectivity index (χ0n) is 8.74. The van der Waals surface area contributed by atoms with E-state index in [1.54, 1.807) is 12.4 Å². The number of rotatable bonds is 4. The van der Waals surface area contributed by atoms with Gasteiger partial charge in [0, 0.05) is 18.9 Å². The summed E-state index contributed by atoms with van der Waals surface area (Å²) in [5.41, 5.74) is 6.30. The molecule has 0 atom stereocenters. The van der Waals surface area contributed by atoms with Gasteiger partial charge >= 0.3 is 0 Å². The van der Waals surface area contributed by atoms with E-state index in [0.29, 0.717) is 11.2 Å². The van der Waals surface area contributed by atoms with Crippen molar-refractivity contribution in [3.8, 4) is 0 Å². The van der Waals surface area contributed by atoms with Crippen molar-refractivity contribution in [1.82, 2.24) is 9.97 Å². The fraction of sp³-hybridized carbons (Fsp3) is 0.636. The molecule has 1 aromatic rings. The van der Waals surface area contributed by atoms with Crippen molar-refractivity contribution in [2.75, 3.05) is 17.6 Å². The summed E-state index contributed by atoms with van der Waals surface area (Å²) in [4.78, 5) is 8.20. The summed E-state index contributed by atoms with van der Waals surface area (Å²) in [7, 11) is 0. The normalized spacial score (nSPS) is 22.4. The van der Waals surface area contributed by atoms with Crippen LogP contribution >= 0.6 is 0 Å². The maximum Gasteiger partial charge on any atom is 0.168 e. The van der Waals surface area contributed by atoms with Crippen molar-refractivity contribution >= 4 is 11.6 Å². The Morgan fingerprint density at radius 3 is 2.67 bits per heavy atom. The van der Waals surface area contributed by atoms with Crippen molar-refractivity contribution in [1.29, 1.82) is 0 Å². The molecule has 15 heavy (non-hydrogen) atoms. The summed E-state index contributed by atoms with van der Waals surface area (Å²) in [5, 5.41) is 3.34. The first kappa shape index (κ1) is 8.95. The lowest BCUT2D eigenvalue weighted by Crippen LogP contribution is -2.18. The molecule has 0 unspecified atom stereocenters. The van der Waals surface area contributed by atoms with Crippen LogP contribution in [-0.2, 0) is 0 Å². The molecule has 2 aliphatic carbocycles. The SMILES string of the molecule is Nc1nccnc1NCC1(C2CC2)CC1. The molecule has 1 heterocycles. The number of hydrogen-bond acceptors (Lipinski definition) is 4. The molecule has 0 bridgehead atoms. The summed E-state index contributed by atoms with van der Waals surface area (Å²) in [5.74, 6) is 2.21. The summed E-state index contributed by atoms with van der Waals surface area (Å²) in [6, 6.07) is 0.